The molecular formula is C29H32N2O. The van der Waals surface area contributed by atoms with Gasteiger partial charge in [-0.15, -0.1) is 0 Å². The van der Waals surface area contributed by atoms with Crippen molar-refractivity contribution in [1.82, 2.24) is 4.90 Å². The van der Waals surface area contributed by atoms with Gasteiger partial charge in [0.15, 0.2) is 0 Å². The first-order valence-electron chi connectivity index (χ1n) is 11.8. The number of fused-ring (bicyclic) bond motifs is 1. The predicted molar refractivity (Wildman–Crippen MR) is 131 cm³/mol. The summed E-state index contributed by atoms with van der Waals surface area (Å²) in [6.07, 6.45) is 5.05. The van der Waals surface area contributed by atoms with Crippen molar-refractivity contribution in [3.63, 3.8) is 0 Å². The van der Waals surface area contributed by atoms with Crippen LogP contribution in [0.5, 0.6) is 0 Å². The van der Waals surface area contributed by atoms with E-state index in [1.54, 1.807) is 0 Å². The minimum absolute atomic E-state index is 0.0704. The van der Waals surface area contributed by atoms with Gasteiger partial charge in [0.25, 0.3) is 0 Å². The van der Waals surface area contributed by atoms with Crippen molar-refractivity contribution >= 4 is 5.84 Å². The summed E-state index contributed by atoms with van der Waals surface area (Å²) in [5, 5.41) is 9.48. The van der Waals surface area contributed by atoms with Crippen LogP contribution in [0.1, 0.15) is 60.0 Å². The molecule has 1 aliphatic carbocycles. The van der Waals surface area contributed by atoms with Gasteiger partial charge >= 0.3 is 0 Å². The summed E-state index contributed by atoms with van der Waals surface area (Å²) in [7, 11) is 2.23. The van der Waals surface area contributed by atoms with Crippen LogP contribution < -0.4 is 0 Å². The quantitative estimate of drug-likeness (QED) is 0.482. The number of hydrogen-bond donors (Lipinski definition) is 1. The van der Waals surface area contributed by atoms with Crippen molar-refractivity contribution in [2.45, 2.75) is 49.6 Å². The van der Waals surface area contributed by atoms with E-state index in [2.05, 4.69) is 96.9 Å². The highest BCUT2D eigenvalue weighted by Gasteiger charge is 2.49. The maximum Gasteiger partial charge on any atom is 0.111 e. The van der Waals surface area contributed by atoms with Crippen molar-refractivity contribution in [2.24, 2.45) is 4.99 Å². The molecule has 1 aliphatic heterocycles. The lowest BCUT2D eigenvalue weighted by Crippen LogP contribution is -2.43. The number of hydrogen-bond acceptors (Lipinski definition) is 3. The van der Waals surface area contributed by atoms with Gasteiger partial charge in [0.2, 0.25) is 0 Å². The minimum atomic E-state index is -0.0862. The first kappa shape index (κ1) is 21.0. The molecule has 3 nitrogen and oxygen atoms in total. The van der Waals surface area contributed by atoms with E-state index >= 15 is 0 Å². The first-order valence-corrected chi connectivity index (χ1v) is 11.8. The number of benzene rings is 3. The fourth-order valence-electron chi connectivity index (χ4n) is 5.89. The Morgan fingerprint density at radius 3 is 2.25 bits per heavy atom. The summed E-state index contributed by atoms with van der Waals surface area (Å²) in [4.78, 5) is 7.96. The molecule has 0 radical (unpaired) electrons. The Morgan fingerprint density at radius 2 is 1.53 bits per heavy atom. The molecule has 3 atom stereocenters. The second kappa shape index (κ2) is 8.91. The molecule has 32 heavy (non-hydrogen) atoms. The zero-order chi connectivity index (χ0) is 22.0. The molecule has 0 unspecified atom stereocenters. The van der Waals surface area contributed by atoms with Gasteiger partial charge in [-0.05, 0) is 54.4 Å². The van der Waals surface area contributed by atoms with Crippen LogP contribution >= 0.6 is 0 Å². The molecule has 1 N–H and O–H groups in total. The third-order valence-corrected chi connectivity index (χ3v) is 7.39. The SMILES string of the molecule is CN1C([C@]2(CCCCO)CCc3ccccc32)=N[C@@H](c2ccccc2)[C@@H]1c1ccccc1. The number of likely N-dealkylation sites (N-methyl/N-ethyl adjacent to an activating group) is 1. The number of aryl methyl sites for hydroxylation is 1. The summed E-state index contributed by atoms with van der Waals surface area (Å²) < 4.78 is 0. The summed E-state index contributed by atoms with van der Waals surface area (Å²) >= 11 is 0. The lowest BCUT2D eigenvalue weighted by atomic mass is 9.75. The van der Waals surface area contributed by atoms with E-state index in [1.165, 1.54) is 28.1 Å². The van der Waals surface area contributed by atoms with Gasteiger partial charge < -0.3 is 10.0 Å². The van der Waals surface area contributed by atoms with Gasteiger partial charge in [-0.3, -0.25) is 4.99 Å². The summed E-state index contributed by atoms with van der Waals surface area (Å²) in [6.45, 7) is 0.249. The smallest absolute Gasteiger partial charge is 0.111 e. The predicted octanol–water partition coefficient (Wildman–Crippen LogP) is 5.86. The maximum absolute atomic E-state index is 9.48. The second-order valence-electron chi connectivity index (χ2n) is 9.19. The molecule has 0 saturated heterocycles. The highest BCUT2D eigenvalue weighted by atomic mass is 16.2. The molecule has 0 amide bonds. The van der Waals surface area contributed by atoms with Crippen molar-refractivity contribution in [2.75, 3.05) is 13.7 Å². The van der Waals surface area contributed by atoms with Crippen LogP contribution in [-0.4, -0.2) is 29.5 Å². The minimum Gasteiger partial charge on any atom is -0.396 e. The number of nitrogens with zero attached hydrogens (tertiary/aromatic N) is 2. The van der Waals surface area contributed by atoms with E-state index in [4.69, 9.17) is 4.99 Å². The Hall–Kier alpha value is -2.91. The van der Waals surface area contributed by atoms with E-state index in [-0.39, 0.29) is 24.1 Å². The van der Waals surface area contributed by atoms with Crippen molar-refractivity contribution in [3.05, 3.63) is 107 Å². The van der Waals surface area contributed by atoms with Crippen LogP contribution in [0.3, 0.4) is 0 Å². The topological polar surface area (TPSA) is 35.8 Å². The van der Waals surface area contributed by atoms with Crippen LogP contribution in [0.15, 0.2) is 89.9 Å². The largest absolute Gasteiger partial charge is 0.396 e. The van der Waals surface area contributed by atoms with Crippen LogP contribution in [0.4, 0.5) is 0 Å². The van der Waals surface area contributed by atoms with Gasteiger partial charge in [-0.25, -0.2) is 0 Å². The van der Waals surface area contributed by atoms with Gasteiger partial charge in [0, 0.05) is 13.7 Å². The highest BCUT2D eigenvalue weighted by molar-refractivity contribution is 5.96. The Morgan fingerprint density at radius 1 is 0.875 bits per heavy atom. The zero-order valence-electron chi connectivity index (χ0n) is 18.8. The molecule has 2 aliphatic rings. The number of aliphatic imine (C=N–C) groups is 1. The Labute approximate surface area is 191 Å². The fraction of sp³-hybridized carbons (Fsp3) is 0.345. The van der Waals surface area contributed by atoms with E-state index < -0.39 is 0 Å². The molecule has 3 aromatic carbocycles. The van der Waals surface area contributed by atoms with Crippen molar-refractivity contribution in [3.8, 4) is 0 Å². The van der Waals surface area contributed by atoms with Gasteiger partial charge in [-0.1, -0.05) is 84.9 Å². The molecule has 3 aromatic rings. The van der Waals surface area contributed by atoms with Gasteiger partial charge in [0.1, 0.15) is 11.9 Å². The summed E-state index contributed by atoms with van der Waals surface area (Å²) in [5.74, 6) is 1.21. The Bertz CT molecular complexity index is 1080. The fourth-order valence-corrected chi connectivity index (χ4v) is 5.89. The summed E-state index contributed by atoms with van der Waals surface area (Å²) in [5.41, 5.74) is 5.37. The number of aliphatic hydroxyl groups excluding tert-OH is 1. The molecule has 0 aromatic heterocycles. The van der Waals surface area contributed by atoms with Crippen LogP contribution in [0.2, 0.25) is 0 Å². The molecule has 3 heteroatoms. The lowest BCUT2D eigenvalue weighted by Gasteiger charge is -2.37. The molecular weight excluding hydrogens is 392 g/mol. The average Bonchev–Trinajstić information content (AvgIpc) is 3.39. The third kappa shape index (κ3) is 3.55. The molecule has 1 heterocycles. The second-order valence-corrected chi connectivity index (χ2v) is 9.19. The maximum atomic E-state index is 9.48. The number of aliphatic hydroxyl groups is 1. The van der Waals surface area contributed by atoms with E-state index in [0.717, 1.165) is 32.1 Å². The zero-order valence-corrected chi connectivity index (χ0v) is 18.8. The van der Waals surface area contributed by atoms with E-state index in [9.17, 15) is 5.11 Å². The monoisotopic (exact) mass is 424 g/mol. The molecule has 0 saturated carbocycles. The number of rotatable bonds is 7. The summed E-state index contributed by atoms with van der Waals surface area (Å²) in [6, 6.07) is 30.7. The highest BCUT2D eigenvalue weighted by Crippen LogP contribution is 2.51. The number of amidine groups is 1. The third-order valence-electron chi connectivity index (χ3n) is 7.39. The van der Waals surface area contributed by atoms with Crippen LogP contribution in [0, 0.1) is 0 Å². The molecule has 0 spiro atoms. The van der Waals surface area contributed by atoms with Crippen LogP contribution in [0.25, 0.3) is 0 Å². The molecule has 0 bridgehead atoms. The average molecular weight is 425 g/mol. The molecule has 0 fully saturated rings. The first-order chi connectivity index (χ1) is 15.7. The molecule has 5 rings (SSSR count). The lowest BCUT2D eigenvalue weighted by molar-refractivity contribution is 0.276. The standard InChI is InChI=1S/C29H32N2O/c1-31-27(24-15-6-3-7-16-24)26(23-13-4-2-5-14-23)30-28(31)29(19-10-11-21-32)20-18-22-12-8-9-17-25(22)29/h2-9,12-17,26-27,32H,10-11,18-21H2,1H3/t26-,27-,29+/m0/s1. The Kier molecular flexibility index (Phi) is 5.84. The van der Waals surface area contributed by atoms with Crippen LogP contribution in [-0.2, 0) is 11.8 Å². The van der Waals surface area contributed by atoms with Crippen molar-refractivity contribution < 1.29 is 5.11 Å². The normalized spacial score (nSPS) is 24.4. The van der Waals surface area contributed by atoms with E-state index in [1.807, 2.05) is 0 Å². The van der Waals surface area contributed by atoms with Gasteiger partial charge in [0.05, 0.1) is 11.5 Å². The number of unbranched alkanes of at least 4 members (excludes halogenated alkanes) is 1. The van der Waals surface area contributed by atoms with Crippen molar-refractivity contribution in [1.29, 1.82) is 0 Å². The molecule has 164 valence electrons. The Balaban J connectivity index is 1.63. The van der Waals surface area contributed by atoms with Gasteiger partial charge in [-0.2, -0.15) is 0 Å². The van der Waals surface area contributed by atoms with E-state index in [0.29, 0.717) is 0 Å².